The quantitative estimate of drug-likeness (QED) is 0.638. The first kappa shape index (κ1) is 13.8. The number of anilines is 1. The molecule has 0 fully saturated rings. The third-order valence-electron chi connectivity index (χ3n) is 2.37. The molecule has 1 aromatic carbocycles. The molecule has 0 bridgehead atoms. The van der Waals surface area contributed by atoms with Gasteiger partial charge < -0.3 is 10.6 Å². The minimum atomic E-state index is -0.845. The lowest BCUT2D eigenvalue weighted by Gasteiger charge is -2.03. The molecular weight excluding hydrogens is 280 g/mol. The average molecular weight is 290 g/mol. The molecule has 8 heteroatoms. The van der Waals surface area contributed by atoms with Crippen LogP contribution in [-0.4, -0.2) is 34.2 Å². The Labute approximate surface area is 118 Å². The highest BCUT2D eigenvalue weighted by Crippen LogP contribution is 2.13. The number of amides is 2. The van der Waals surface area contributed by atoms with Crippen LogP contribution in [0.1, 0.15) is 20.2 Å². The predicted octanol–water partition coefficient (Wildman–Crippen LogP) is 0.719. The molecule has 2 aromatic rings. The average Bonchev–Trinajstić information content (AvgIpc) is 2.96. The van der Waals surface area contributed by atoms with Gasteiger partial charge in [0.05, 0.1) is 0 Å². The molecule has 0 aliphatic rings. The number of nitrogens with zero attached hydrogens (tertiary/aromatic N) is 2. The Morgan fingerprint density at radius 2 is 1.85 bits per heavy atom. The lowest BCUT2D eigenvalue weighted by molar-refractivity contribution is -0.112. The summed E-state index contributed by atoms with van der Waals surface area (Å²) in [5.74, 6) is -2.25. The molecule has 0 atom stereocenters. The summed E-state index contributed by atoms with van der Waals surface area (Å²) in [6.07, 6.45) is 0. The number of hydrogen-bond donors (Lipinski definition) is 2. The van der Waals surface area contributed by atoms with Crippen LogP contribution in [0.15, 0.2) is 30.3 Å². The van der Waals surface area contributed by atoms with Crippen LogP contribution in [0.5, 0.6) is 0 Å². The normalized spacial score (nSPS) is 9.85. The first-order chi connectivity index (χ1) is 9.63. The lowest BCUT2D eigenvalue weighted by Crippen LogP contribution is -2.26. The van der Waals surface area contributed by atoms with Gasteiger partial charge in [-0.3, -0.25) is 14.4 Å². The predicted molar refractivity (Wildman–Crippen MR) is 72.7 cm³/mol. The van der Waals surface area contributed by atoms with E-state index in [-0.39, 0.29) is 10.6 Å². The number of carbonyl (C=O) groups is 3. The molecule has 7 nitrogen and oxygen atoms in total. The molecular formula is C12H10N4O3S. The minimum absolute atomic E-state index is 0.0854. The van der Waals surface area contributed by atoms with Crippen molar-refractivity contribution in [2.45, 2.75) is 0 Å². The maximum Gasteiger partial charge on any atom is 0.297 e. The van der Waals surface area contributed by atoms with Crippen molar-refractivity contribution in [3.05, 3.63) is 40.9 Å². The maximum absolute atomic E-state index is 12.0. The maximum atomic E-state index is 12.0. The molecule has 0 saturated carbocycles. The Kier molecular flexibility index (Phi) is 4.16. The van der Waals surface area contributed by atoms with Gasteiger partial charge in [-0.2, -0.15) is 0 Å². The third kappa shape index (κ3) is 2.86. The molecule has 102 valence electrons. The van der Waals surface area contributed by atoms with Crippen molar-refractivity contribution < 1.29 is 14.4 Å². The molecule has 0 aliphatic carbocycles. The first-order valence-corrected chi connectivity index (χ1v) is 6.36. The van der Waals surface area contributed by atoms with Gasteiger partial charge >= 0.3 is 0 Å². The van der Waals surface area contributed by atoms with Crippen LogP contribution in [0.2, 0.25) is 0 Å². The summed E-state index contributed by atoms with van der Waals surface area (Å²) < 4.78 is 3.53. The first-order valence-electron chi connectivity index (χ1n) is 5.58. The Balaban J connectivity index is 2.18. The zero-order valence-corrected chi connectivity index (χ0v) is 11.2. The fourth-order valence-corrected chi connectivity index (χ4v) is 2.02. The van der Waals surface area contributed by atoms with E-state index in [2.05, 4.69) is 20.2 Å². The summed E-state index contributed by atoms with van der Waals surface area (Å²) in [6, 6.07) is 8.54. The number of carbonyl (C=O) groups excluding carboxylic acids is 3. The van der Waals surface area contributed by atoms with Crippen LogP contribution < -0.4 is 10.6 Å². The van der Waals surface area contributed by atoms with Gasteiger partial charge in [0.1, 0.15) is 4.88 Å². The SMILES string of the molecule is CNC(=O)c1nnsc1C(=O)C(=O)Nc1ccccc1. The number of para-hydroxylation sites is 1. The second-order valence-electron chi connectivity index (χ2n) is 3.68. The van der Waals surface area contributed by atoms with E-state index >= 15 is 0 Å². The van der Waals surface area contributed by atoms with Crippen LogP contribution in [0.4, 0.5) is 5.69 Å². The molecule has 2 amide bonds. The zero-order valence-electron chi connectivity index (χ0n) is 10.4. The van der Waals surface area contributed by atoms with Crippen molar-refractivity contribution in [2.75, 3.05) is 12.4 Å². The van der Waals surface area contributed by atoms with E-state index in [1.807, 2.05) is 0 Å². The summed E-state index contributed by atoms with van der Waals surface area (Å²) in [5.41, 5.74) is 0.343. The van der Waals surface area contributed by atoms with Crippen molar-refractivity contribution in [2.24, 2.45) is 0 Å². The van der Waals surface area contributed by atoms with Crippen molar-refractivity contribution in [3.63, 3.8) is 0 Å². The summed E-state index contributed by atoms with van der Waals surface area (Å²) in [6.45, 7) is 0. The summed E-state index contributed by atoms with van der Waals surface area (Å²) in [7, 11) is 1.40. The highest BCUT2D eigenvalue weighted by molar-refractivity contribution is 7.09. The van der Waals surface area contributed by atoms with Crippen molar-refractivity contribution in [3.8, 4) is 0 Å². The van der Waals surface area contributed by atoms with Gasteiger partial charge in [0.15, 0.2) is 5.69 Å². The number of nitrogens with one attached hydrogen (secondary N) is 2. The number of Topliss-reactive ketones (excluding diaryl/α,β-unsaturated/α-hetero) is 1. The third-order valence-corrected chi connectivity index (χ3v) is 3.10. The fourth-order valence-electron chi connectivity index (χ4n) is 1.42. The molecule has 0 saturated heterocycles. The topological polar surface area (TPSA) is 101 Å². The standard InChI is InChI=1S/C12H10N4O3S/c1-13-11(18)8-10(20-16-15-8)9(17)12(19)14-7-5-3-2-4-6-7/h2-6H,1H3,(H,13,18)(H,14,19). The van der Waals surface area contributed by atoms with Crippen molar-refractivity contribution >= 4 is 34.8 Å². The molecule has 1 aromatic heterocycles. The molecule has 0 aliphatic heterocycles. The number of rotatable bonds is 4. The van der Waals surface area contributed by atoms with Gasteiger partial charge in [-0.25, -0.2) is 0 Å². The fraction of sp³-hybridized carbons (Fsp3) is 0.0833. The van der Waals surface area contributed by atoms with Crippen LogP contribution >= 0.6 is 11.5 Å². The molecule has 0 radical (unpaired) electrons. The minimum Gasteiger partial charge on any atom is -0.354 e. The molecule has 0 unspecified atom stereocenters. The highest BCUT2D eigenvalue weighted by Gasteiger charge is 2.26. The highest BCUT2D eigenvalue weighted by atomic mass is 32.1. The summed E-state index contributed by atoms with van der Waals surface area (Å²) in [5, 5.41) is 8.33. The second kappa shape index (κ2) is 6.02. The van der Waals surface area contributed by atoms with Crippen molar-refractivity contribution in [1.82, 2.24) is 14.9 Å². The monoisotopic (exact) mass is 290 g/mol. The van der Waals surface area contributed by atoms with E-state index in [0.29, 0.717) is 17.2 Å². The number of ketones is 1. The van der Waals surface area contributed by atoms with E-state index in [1.54, 1.807) is 30.3 Å². The summed E-state index contributed by atoms with van der Waals surface area (Å²) >= 11 is 0.708. The van der Waals surface area contributed by atoms with Gasteiger partial charge in [-0.05, 0) is 23.7 Å². The van der Waals surface area contributed by atoms with E-state index in [9.17, 15) is 14.4 Å². The molecule has 1 heterocycles. The molecule has 0 spiro atoms. The number of hydrogen-bond acceptors (Lipinski definition) is 6. The smallest absolute Gasteiger partial charge is 0.297 e. The van der Waals surface area contributed by atoms with Gasteiger partial charge in [-0.1, -0.05) is 22.7 Å². The lowest BCUT2D eigenvalue weighted by atomic mass is 10.2. The molecule has 20 heavy (non-hydrogen) atoms. The number of benzene rings is 1. The van der Waals surface area contributed by atoms with Gasteiger partial charge in [0.25, 0.3) is 17.6 Å². The summed E-state index contributed by atoms with van der Waals surface area (Å²) in [4.78, 5) is 35.2. The van der Waals surface area contributed by atoms with E-state index in [0.717, 1.165) is 0 Å². The van der Waals surface area contributed by atoms with Crippen LogP contribution in [0, 0.1) is 0 Å². The van der Waals surface area contributed by atoms with Gasteiger partial charge in [-0.15, -0.1) is 5.10 Å². The number of aromatic nitrogens is 2. The van der Waals surface area contributed by atoms with Crippen LogP contribution in [0.25, 0.3) is 0 Å². The van der Waals surface area contributed by atoms with E-state index < -0.39 is 17.6 Å². The zero-order chi connectivity index (χ0) is 14.5. The van der Waals surface area contributed by atoms with Crippen LogP contribution in [0.3, 0.4) is 0 Å². The van der Waals surface area contributed by atoms with Gasteiger partial charge in [0.2, 0.25) is 0 Å². The Morgan fingerprint density at radius 3 is 2.50 bits per heavy atom. The van der Waals surface area contributed by atoms with E-state index in [4.69, 9.17) is 0 Å². The second-order valence-corrected chi connectivity index (χ2v) is 4.43. The molecule has 2 rings (SSSR count). The Bertz CT molecular complexity index is 654. The Hall–Kier alpha value is -2.61. The Morgan fingerprint density at radius 1 is 1.15 bits per heavy atom. The van der Waals surface area contributed by atoms with Crippen LogP contribution in [-0.2, 0) is 4.79 Å². The van der Waals surface area contributed by atoms with E-state index in [1.165, 1.54) is 7.05 Å². The largest absolute Gasteiger partial charge is 0.354 e. The van der Waals surface area contributed by atoms with Crippen molar-refractivity contribution in [1.29, 1.82) is 0 Å². The molecule has 2 N–H and O–H groups in total. The van der Waals surface area contributed by atoms with Gasteiger partial charge in [0, 0.05) is 12.7 Å².